The van der Waals surface area contributed by atoms with Crippen LogP contribution >= 0.6 is 0 Å². The van der Waals surface area contributed by atoms with Crippen molar-refractivity contribution in [2.45, 2.75) is 111 Å². The first-order valence-corrected chi connectivity index (χ1v) is 10.6. The van der Waals surface area contributed by atoms with Crippen LogP contribution in [0.4, 0.5) is 0 Å². The first-order chi connectivity index (χ1) is 10.7. The molecule has 0 bridgehead atoms. The Kier molecular flexibility index (Phi) is 4.97. The lowest BCUT2D eigenvalue weighted by Crippen LogP contribution is -2.66. The van der Waals surface area contributed by atoms with E-state index in [2.05, 4.69) is 95.8 Å². The Bertz CT molecular complexity index is 448. The van der Waals surface area contributed by atoms with Crippen LogP contribution in [-0.4, -0.2) is 45.7 Å². The molecule has 1 saturated heterocycles. The van der Waals surface area contributed by atoms with Gasteiger partial charge in [-0.3, -0.25) is 4.53 Å². The minimum Gasteiger partial charge on any atom is -0.357 e. The van der Waals surface area contributed by atoms with Crippen molar-refractivity contribution < 1.29 is 4.53 Å². The van der Waals surface area contributed by atoms with Gasteiger partial charge in [0.25, 0.3) is 0 Å². The molecule has 0 aromatic heterocycles. The molecule has 0 aromatic carbocycles. The van der Waals surface area contributed by atoms with Crippen LogP contribution in [0.1, 0.15) is 88.5 Å². The van der Waals surface area contributed by atoms with E-state index in [0.29, 0.717) is 0 Å². The molecule has 2 aliphatic heterocycles. The second-order valence-corrected chi connectivity index (χ2v) is 12.2. The molecule has 5 heteroatoms. The Morgan fingerprint density at radius 1 is 0.792 bits per heavy atom. The molecule has 24 heavy (non-hydrogen) atoms. The van der Waals surface area contributed by atoms with E-state index in [1.807, 2.05) is 0 Å². The fraction of sp³-hybridized carbons (Fsp3) is 0.895. The maximum atomic E-state index is 6.89. The first-order valence-electron chi connectivity index (χ1n) is 9.29. The van der Waals surface area contributed by atoms with E-state index in [1.165, 1.54) is 19.3 Å². The molecule has 4 nitrogen and oxygen atoms in total. The molecule has 2 heterocycles. The van der Waals surface area contributed by atoms with E-state index >= 15 is 0 Å². The maximum Gasteiger partial charge on any atom is 0.499 e. The molecule has 139 valence electrons. The standard InChI is InChI=1S/C19H38N3OSi/c1-16(2,3)20-14-15-21(17(4,5)6)24(20)23-22-18(7,8)12-11-13-19(22,9)10/h14-15H,11-13H2,1-10H3. The predicted molar refractivity (Wildman–Crippen MR) is 103 cm³/mol. The van der Waals surface area contributed by atoms with E-state index < -0.39 is 9.36 Å². The number of rotatable bonds is 2. The van der Waals surface area contributed by atoms with Crippen molar-refractivity contribution in [2.24, 2.45) is 0 Å². The van der Waals surface area contributed by atoms with Crippen LogP contribution in [0.3, 0.4) is 0 Å². The lowest BCUT2D eigenvalue weighted by molar-refractivity contribution is -0.230. The molecule has 0 atom stereocenters. The molecule has 0 saturated carbocycles. The lowest BCUT2D eigenvalue weighted by atomic mass is 9.82. The highest BCUT2D eigenvalue weighted by atomic mass is 28.3. The zero-order chi connectivity index (χ0) is 18.6. The van der Waals surface area contributed by atoms with Gasteiger partial charge in [-0.1, -0.05) is 0 Å². The van der Waals surface area contributed by atoms with Crippen molar-refractivity contribution in [3.8, 4) is 0 Å². The second-order valence-electron chi connectivity index (χ2n) is 10.5. The van der Waals surface area contributed by atoms with E-state index in [9.17, 15) is 0 Å². The molecular weight excluding hydrogens is 314 g/mol. The van der Waals surface area contributed by atoms with E-state index in [0.717, 1.165) is 0 Å². The zero-order valence-electron chi connectivity index (χ0n) is 17.5. The van der Waals surface area contributed by atoms with Gasteiger partial charge in [-0.15, -0.1) is 0 Å². The SMILES string of the molecule is CC(C)(C)N1C=CN(C(C)(C)C)[Si]1ON1C(C)(C)CCCC1(C)C. The Morgan fingerprint density at radius 3 is 1.50 bits per heavy atom. The molecule has 2 rings (SSSR count). The quantitative estimate of drug-likeness (QED) is 0.674. The van der Waals surface area contributed by atoms with E-state index in [-0.39, 0.29) is 22.2 Å². The summed E-state index contributed by atoms with van der Waals surface area (Å²) in [6.07, 6.45) is 8.09. The van der Waals surface area contributed by atoms with E-state index in [4.69, 9.17) is 4.53 Å². The van der Waals surface area contributed by atoms with Crippen LogP contribution in [-0.2, 0) is 4.53 Å². The average Bonchev–Trinajstić information content (AvgIpc) is 2.76. The number of nitrogens with zero attached hydrogens (tertiary/aromatic N) is 3. The monoisotopic (exact) mass is 352 g/mol. The topological polar surface area (TPSA) is 19.0 Å². The summed E-state index contributed by atoms with van der Waals surface area (Å²) < 4.78 is 11.8. The Hall–Kier alpha value is -0.523. The van der Waals surface area contributed by atoms with Crippen molar-refractivity contribution in [2.75, 3.05) is 0 Å². The van der Waals surface area contributed by atoms with Crippen LogP contribution in [0, 0.1) is 0 Å². The molecule has 2 aliphatic rings. The largest absolute Gasteiger partial charge is 0.499 e. The first kappa shape index (κ1) is 19.8. The fourth-order valence-electron chi connectivity index (χ4n) is 3.79. The number of piperidine rings is 1. The predicted octanol–water partition coefficient (Wildman–Crippen LogP) is 4.63. The Labute approximate surface area is 151 Å². The van der Waals surface area contributed by atoms with Crippen molar-refractivity contribution in [1.82, 2.24) is 14.2 Å². The van der Waals surface area contributed by atoms with Crippen LogP contribution in [0.15, 0.2) is 12.4 Å². The second kappa shape index (κ2) is 6.03. The summed E-state index contributed by atoms with van der Waals surface area (Å²) in [7, 11) is -1.36. The number of hydroxylamine groups is 2. The molecule has 1 fully saturated rings. The van der Waals surface area contributed by atoms with Gasteiger partial charge < -0.3 is 9.13 Å². The van der Waals surface area contributed by atoms with Crippen LogP contribution < -0.4 is 0 Å². The van der Waals surface area contributed by atoms with Gasteiger partial charge >= 0.3 is 9.36 Å². The molecule has 0 amide bonds. The summed E-state index contributed by atoms with van der Waals surface area (Å²) in [6, 6.07) is 0. The third kappa shape index (κ3) is 3.83. The summed E-state index contributed by atoms with van der Waals surface area (Å²) in [5.74, 6) is 0. The zero-order valence-corrected chi connectivity index (χ0v) is 18.5. The third-order valence-electron chi connectivity index (χ3n) is 5.07. The van der Waals surface area contributed by atoms with Gasteiger partial charge in [-0.05, 0) is 88.5 Å². The number of hydrogen-bond acceptors (Lipinski definition) is 4. The smallest absolute Gasteiger partial charge is 0.357 e. The minimum atomic E-state index is -1.36. The highest BCUT2D eigenvalue weighted by molar-refractivity contribution is 6.47. The number of hydrogen-bond donors (Lipinski definition) is 0. The summed E-state index contributed by atoms with van der Waals surface area (Å²) in [5, 5.41) is 2.32. The molecule has 0 aromatic rings. The highest BCUT2D eigenvalue weighted by Crippen LogP contribution is 2.40. The third-order valence-corrected chi connectivity index (χ3v) is 7.88. The summed E-state index contributed by atoms with van der Waals surface area (Å²) in [5.41, 5.74) is 0.230. The summed E-state index contributed by atoms with van der Waals surface area (Å²) in [4.78, 5) is 0. The summed E-state index contributed by atoms with van der Waals surface area (Å²) >= 11 is 0. The van der Waals surface area contributed by atoms with Gasteiger partial charge in [-0.25, -0.2) is 0 Å². The van der Waals surface area contributed by atoms with Gasteiger partial charge in [0.1, 0.15) is 0 Å². The van der Waals surface area contributed by atoms with Crippen molar-refractivity contribution in [1.29, 1.82) is 0 Å². The van der Waals surface area contributed by atoms with Gasteiger partial charge in [-0.2, -0.15) is 5.06 Å². The van der Waals surface area contributed by atoms with Gasteiger partial charge in [0.05, 0.1) is 0 Å². The molecular formula is C19H38N3OSi. The molecule has 0 spiro atoms. The Morgan fingerprint density at radius 2 is 1.17 bits per heavy atom. The molecule has 0 unspecified atom stereocenters. The minimum absolute atomic E-state index is 0.0505. The molecule has 0 aliphatic carbocycles. The van der Waals surface area contributed by atoms with Gasteiger partial charge in [0.15, 0.2) is 0 Å². The molecule has 1 radical (unpaired) electrons. The van der Waals surface area contributed by atoms with Crippen LogP contribution in [0.5, 0.6) is 0 Å². The maximum absolute atomic E-state index is 6.89. The van der Waals surface area contributed by atoms with Crippen molar-refractivity contribution in [3.05, 3.63) is 12.4 Å². The van der Waals surface area contributed by atoms with E-state index in [1.54, 1.807) is 0 Å². The molecule has 0 N–H and O–H groups in total. The highest BCUT2D eigenvalue weighted by Gasteiger charge is 2.50. The normalized spacial score (nSPS) is 25.6. The summed E-state index contributed by atoms with van der Waals surface area (Å²) in [6.45, 7) is 22.9. The lowest BCUT2D eigenvalue weighted by Gasteiger charge is -2.54. The van der Waals surface area contributed by atoms with Crippen LogP contribution in [0.25, 0.3) is 0 Å². The van der Waals surface area contributed by atoms with Gasteiger partial charge in [0, 0.05) is 34.6 Å². The fourth-order valence-corrected chi connectivity index (χ4v) is 6.39. The van der Waals surface area contributed by atoms with Gasteiger partial charge in [0.2, 0.25) is 0 Å². The average molecular weight is 353 g/mol. The van der Waals surface area contributed by atoms with Crippen molar-refractivity contribution >= 4 is 9.36 Å². The van der Waals surface area contributed by atoms with Crippen molar-refractivity contribution in [3.63, 3.8) is 0 Å². The van der Waals surface area contributed by atoms with Crippen LogP contribution in [0.2, 0.25) is 0 Å². The Balaban J connectivity index is 2.34.